The second-order valence-corrected chi connectivity index (χ2v) is 5.91. The first kappa shape index (κ1) is 19.4. The number of carbonyl (C=O) groups excluding carboxylic acids is 2. The Kier molecular flexibility index (Phi) is 6.69. The van der Waals surface area contributed by atoms with Crippen molar-refractivity contribution in [1.29, 1.82) is 5.26 Å². The van der Waals surface area contributed by atoms with Gasteiger partial charge in [-0.15, -0.1) is 0 Å². The molecule has 0 aromatic heterocycles. The lowest BCUT2D eigenvalue weighted by molar-refractivity contribution is -0.127. The van der Waals surface area contributed by atoms with Crippen molar-refractivity contribution in [3.8, 4) is 6.07 Å². The summed E-state index contributed by atoms with van der Waals surface area (Å²) in [6.45, 7) is 3.86. The molecule has 0 saturated carbocycles. The van der Waals surface area contributed by atoms with Crippen molar-refractivity contribution in [3.63, 3.8) is 0 Å². The van der Waals surface area contributed by atoms with Gasteiger partial charge < -0.3 is 20.4 Å². The number of nitrogens with two attached hydrogens (primary N) is 1. The van der Waals surface area contributed by atoms with E-state index in [9.17, 15) is 19.2 Å². The molecule has 7 nitrogen and oxygen atoms in total. The van der Waals surface area contributed by atoms with E-state index in [0.29, 0.717) is 26.2 Å². The van der Waals surface area contributed by atoms with E-state index in [-0.39, 0.29) is 30.4 Å². The standard InChI is InChI=1S/C18H22FN5O2/c1-14(25)24(7-6-20)13-15(12-21)18(26)23-10-8-22(9-11-23)17-4-2-16(19)3-5-17/h2-5,13H,6-11,20H2,1H3/b15-13-. The molecule has 8 heteroatoms. The fraction of sp³-hybridized carbons (Fsp3) is 0.389. The van der Waals surface area contributed by atoms with Crippen LogP contribution >= 0.6 is 0 Å². The quantitative estimate of drug-likeness (QED) is 0.617. The summed E-state index contributed by atoms with van der Waals surface area (Å²) < 4.78 is 13.0. The molecule has 2 N–H and O–H groups in total. The number of rotatable bonds is 5. The van der Waals surface area contributed by atoms with Gasteiger partial charge in [0.25, 0.3) is 5.91 Å². The molecule has 138 valence electrons. The summed E-state index contributed by atoms with van der Waals surface area (Å²) in [4.78, 5) is 29.0. The Morgan fingerprint density at radius 1 is 1.27 bits per heavy atom. The molecule has 0 aliphatic carbocycles. The van der Waals surface area contributed by atoms with Crippen LogP contribution in [0.15, 0.2) is 36.0 Å². The number of hydrogen-bond acceptors (Lipinski definition) is 5. The molecular formula is C18H22FN5O2. The molecule has 1 aromatic carbocycles. The molecule has 0 unspecified atom stereocenters. The van der Waals surface area contributed by atoms with Crippen molar-refractivity contribution < 1.29 is 14.0 Å². The first-order chi connectivity index (χ1) is 12.5. The summed E-state index contributed by atoms with van der Waals surface area (Å²) in [5, 5.41) is 9.30. The third-order valence-electron chi connectivity index (χ3n) is 4.17. The van der Waals surface area contributed by atoms with E-state index < -0.39 is 5.91 Å². The van der Waals surface area contributed by atoms with Gasteiger partial charge in [-0.05, 0) is 24.3 Å². The highest BCUT2D eigenvalue weighted by Gasteiger charge is 2.24. The molecule has 0 bridgehead atoms. The van der Waals surface area contributed by atoms with Gasteiger partial charge in [0.05, 0.1) is 0 Å². The van der Waals surface area contributed by atoms with Gasteiger partial charge in [-0.1, -0.05) is 0 Å². The van der Waals surface area contributed by atoms with Gasteiger partial charge in [0.2, 0.25) is 5.91 Å². The fourth-order valence-corrected chi connectivity index (χ4v) is 2.73. The van der Waals surface area contributed by atoms with Gasteiger partial charge in [-0.3, -0.25) is 9.59 Å². The number of benzene rings is 1. The number of nitrogens with zero attached hydrogens (tertiary/aromatic N) is 4. The van der Waals surface area contributed by atoms with Crippen LogP contribution in [-0.4, -0.2) is 60.9 Å². The average molecular weight is 359 g/mol. The van der Waals surface area contributed by atoms with Crippen molar-refractivity contribution in [2.45, 2.75) is 6.92 Å². The van der Waals surface area contributed by atoms with Crippen LogP contribution in [0, 0.1) is 17.1 Å². The van der Waals surface area contributed by atoms with Gasteiger partial charge in [0.1, 0.15) is 17.5 Å². The van der Waals surface area contributed by atoms with Gasteiger partial charge in [0.15, 0.2) is 0 Å². The Bertz CT molecular complexity index is 718. The number of anilines is 1. The molecule has 0 atom stereocenters. The summed E-state index contributed by atoms with van der Waals surface area (Å²) in [5.41, 5.74) is 6.25. The van der Waals surface area contributed by atoms with Crippen molar-refractivity contribution in [1.82, 2.24) is 9.80 Å². The third-order valence-corrected chi connectivity index (χ3v) is 4.17. The van der Waals surface area contributed by atoms with Crippen LogP contribution in [0.1, 0.15) is 6.92 Å². The molecule has 1 saturated heterocycles. The van der Waals surface area contributed by atoms with Crippen molar-refractivity contribution in [2.24, 2.45) is 5.73 Å². The van der Waals surface area contributed by atoms with Crippen LogP contribution in [0.5, 0.6) is 0 Å². The Morgan fingerprint density at radius 3 is 2.38 bits per heavy atom. The minimum absolute atomic E-state index is 0.0936. The van der Waals surface area contributed by atoms with E-state index in [4.69, 9.17) is 5.73 Å². The minimum Gasteiger partial charge on any atom is -0.368 e. The number of carbonyl (C=O) groups is 2. The van der Waals surface area contributed by atoms with Crippen LogP contribution in [0.25, 0.3) is 0 Å². The largest absolute Gasteiger partial charge is 0.368 e. The molecule has 26 heavy (non-hydrogen) atoms. The van der Waals surface area contributed by atoms with Crippen LogP contribution in [0.3, 0.4) is 0 Å². The van der Waals surface area contributed by atoms with Crippen LogP contribution in [0.4, 0.5) is 10.1 Å². The molecule has 1 aromatic rings. The Balaban J connectivity index is 2.02. The molecule has 1 aliphatic rings. The zero-order chi connectivity index (χ0) is 19.1. The Hall–Kier alpha value is -2.92. The summed E-state index contributed by atoms with van der Waals surface area (Å²) in [6.07, 6.45) is 1.27. The number of nitriles is 1. The van der Waals surface area contributed by atoms with Crippen molar-refractivity contribution in [3.05, 3.63) is 41.9 Å². The highest BCUT2D eigenvalue weighted by Crippen LogP contribution is 2.17. The predicted molar refractivity (Wildman–Crippen MR) is 95.3 cm³/mol. The number of amides is 2. The van der Waals surface area contributed by atoms with E-state index >= 15 is 0 Å². The summed E-state index contributed by atoms with van der Waals surface area (Å²) in [5.74, 6) is -0.981. The van der Waals surface area contributed by atoms with E-state index in [0.717, 1.165) is 5.69 Å². The first-order valence-corrected chi connectivity index (χ1v) is 8.35. The van der Waals surface area contributed by atoms with E-state index in [1.54, 1.807) is 17.0 Å². The summed E-state index contributed by atoms with van der Waals surface area (Å²) in [7, 11) is 0. The lowest BCUT2D eigenvalue weighted by Crippen LogP contribution is -2.49. The Labute approximate surface area is 152 Å². The van der Waals surface area contributed by atoms with Crippen LogP contribution in [-0.2, 0) is 9.59 Å². The van der Waals surface area contributed by atoms with Crippen molar-refractivity contribution in [2.75, 3.05) is 44.2 Å². The number of piperazine rings is 1. The first-order valence-electron chi connectivity index (χ1n) is 8.35. The van der Waals surface area contributed by atoms with E-state index in [2.05, 4.69) is 4.90 Å². The normalized spacial score (nSPS) is 14.8. The topological polar surface area (TPSA) is 93.7 Å². The highest BCUT2D eigenvalue weighted by atomic mass is 19.1. The van der Waals surface area contributed by atoms with Crippen LogP contribution in [0.2, 0.25) is 0 Å². The minimum atomic E-state index is -0.408. The summed E-state index contributed by atoms with van der Waals surface area (Å²) in [6, 6.07) is 8.07. The van der Waals surface area contributed by atoms with Crippen LogP contribution < -0.4 is 10.6 Å². The van der Waals surface area contributed by atoms with Gasteiger partial charge in [0, 0.05) is 58.1 Å². The number of halogens is 1. The monoisotopic (exact) mass is 359 g/mol. The smallest absolute Gasteiger partial charge is 0.266 e. The fourth-order valence-electron chi connectivity index (χ4n) is 2.73. The van der Waals surface area contributed by atoms with E-state index in [1.807, 2.05) is 6.07 Å². The number of hydrogen-bond donors (Lipinski definition) is 1. The lowest BCUT2D eigenvalue weighted by Gasteiger charge is -2.36. The molecule has 2 amide bonds. The maximum absolute atomic E-state index is 13.0. The molecular weight excluding hydrogens is 337 g/mol. The second kappa shape index (κ2) is 8.97. The highest BCUT2D eigenvalue weighted by molar-refractivity contribution is 5.97. The molecule has 1 aliphatic heterocycles. The van der Waals surface area contributed by atoms with Crippen molar-refractivity contribution >= 4 is 17.5 Å². The van der Waals surface area contributed by atoms with Gasteiger partial charge >= 0.3 is 0 Å². The Morgan fingerprint density at radius 2 is 1.88 bits per heavy atom. The molecule has 0 radical (unpaired) electrons. The zero-order valence-corrected chi connectivity index (χ0v) is 14.7. The second-order valence-electron chi connectivity index (χ2n) is 5.91. The third kappa shape index (κ3) is 4.80. The average Bonchev–Trinajstić information content (AvgIpc) is 2.65. The molecule has 1 heterocycles. The van der Waals surface area contributed by atoms with Gasteiger partial charge in [-0.25, -0.2) is 4.39 Å². The summed E-state index contributed by atoms with van der Waals surface area (Å²) >= 11 is 0. The van der Waals surface area contributed by atoms with E-state index in [1.165, 1.54) is 30.2 Å². The lowest BCUT2D eigenvalue weighted by atomic mass is 10.2. The molecule has 1 fully saturated rings. The molecule has 2 rings (SSSR count). The SMILES string of the molecule is CC(=O)N(/C=C(/C#N)C(=O)N1CCN(c2ccc(F)cc2)CC1)CCN. The van der Waals surface area contributed by atoms with Gasteiger partial charge in [-0.2, -0.15) is 5.26 Å². The maximum Gasteiger partial charge on any atom is 0.266 e. The molecule has 0 spiro atoms. The maximum atomic E-state index is 13.0. The zero-order valence-electron chi connectivity index (χ0n) is 14.7. The predicted octanol–water partition coefficient (Wildman–Crippen LogP) is 0.689.